The van der Waals surface area contributed by atoms with Gasteiger partial charge in [-0.05, 0) is 24.1 Å². The maximum absolute atomic E-state index is 11.0. The highest BCUT2D eigenvalue weighted by Crippen LogP contribution is 2.35. The summed E-state index contributed by atoms with van der Waals surface area (Å²) in [6.07, 6.45) is 0.559. The molecule has 80 valence electrons. The Kier molecular flexibility index (Phi) is 2.51. The van der Waals surface area contributed by atoms with Crippen molar-refractivity contribution >= 4 is 11.5 Å². The predicted molar refractivity (Wildman–Crippen MR) is 62.5 cm³/mol. The molecule has 1 aromatic carbocycles. The third kappa shape index (κ3) is 1.89. The van der Waals surface area contributed by atoms with E-state index < -0.39 is 0 Å². The summed E-state index contributed by atoms with van der Waals surface area (Å²) in [5.41, 5.74) is 3.84. The van der Waals surface area contributed by atoms with Crippen LogP contribution >= 0.6 is 0 Å². The van der Waals surface area contributed by atoms with Crippen molar-refractivity contribution in [2.24, 2.45) is 0 Å². The molecule has 2 nitrogen and oxygen atoms in total. The van der Waals surface area contributed by atoms with Crippen LogP contribution in [0.4, 0.5) is 5.69 Å². The van der Waals surface area contributed by atoms with Crippen molar-refractivity contribution in [3.05, 3.63) is 29.3 Å². The van der Waals surface area contributed by atoms with Gasteiger partial charge in [0.1, 0.15) is 5.78 Å². The molecule has 0 saturated carbocycles. The molecule has 1 aromatic rings. The molecule has 0 aliphatic carbocycles. The lowest BCUT2D eigenvalue weighted by molar-refractivity contribution is -0.116. The third-order valence-electron chi connectivity index (χ3n) is 3.03. The van der Waals surface area contributed by atoms with Gasteiger partial charge in [0.05, 0.1) is 0 Å². The Bertz CT molecular complexity index is 398. The van der Waals surface area contributed by atoms with Crippen molar-refractivity contribution in [1.29, 1.82) is 0 Å². The van der Waals surface area contributed by atoms with Gasteiger partial charge >= 0.3 is 0 Å². The molecule has 1 aliphatic rings. The average Bonchev–Trinajstić information content (AvgIpc) is 2.41. The second-order valence-electron chi connectivity index (χ2n) is 4.55. The van der Waals surface area contributed by atoms with Crippen LogP contribution in [0.2, 0.25) is 0 Å². The summed E-state index contributed by atoms with van der Waals surface area (Å²) >= 11 is 0. The standard InChI is InChI=1S/C13H17NO/c1-9-8-14(3)13-5-4-11(6-10(2)15)7-12(9)13/h4-5,7,9H,6,8H2,1-3H3. The van der Waals surface area contributed by atoms with Crippen LogP contribution in [0.15, 0.2) is 18.2 Å². The van der Waals surface area contributed by atoms with E-state index in [0.29, 0.717) is 12.3 Å². The van der Waals surface area contributed by atoms with Crippen molar-refractivity contribution in [3.8, 4) is 0 Å². The molecule has 2 rings (SSSR count). The lowest BCUT2D eigenvalue weighted by Gasteiger charge is -2.11. The number of ketones is 1. The molecule has 0 aromatic heterocycles. The summed E-state index contributed by atoms with van der Waals surface area (Å²) in [6, 6.07) is 6.39. The molecule has 0 saturated heterocycles. The maximum atomic E-state index is 11.0. The van der Waals surface area contributed by atoms with Crippen LogP contribution in [0, 0.1) is 0 Å². The summed E-state index contributed by atoms with van der Waals surface area (Å²) < 4.78 is 0. The number of rotatable bonds is 2. The first kappa shape index (κ1) is 10.2. The normalized spacial score (nSPS) is 19.1. The maximum Gasteiger partial charge on any atom is 0.134 e. The molecule has 1 heterocycles. The smallest absolute Gasteiger partial charge is 0.134 e. The van der Waals surface area contributed by atoms with Gasteiger partial charge in [-0.2, -0.15) is 0 Å². The van der Waals surface area contributed by atoms with Gasteiger partial charge in [0.25, 0.3) is 0 Å². The Hall–Kier alpha value is -1.31. The zero-order valence-corrected chi connectivity index (χ0v) is 9.58. The van der Waals surface area contributed by atoms with E-state index in [-0.39, 0.29) is 5.78 Å². The van der Waals surface area contributed by atoms with E-state index in [9.17, 15) is 4.79 Å². The molecule has 1 aliphatic heterocycles. The molecule has 2 heteroatoms. The second kappa shape index (κ2) is 3.69. The van der Waals surface area contributed by atoms with Gasteiger partial charge in [-0.1, -0.05) is 19.1 Å². The molecule has 15 heavy (non-hydrogen) atoms. The van der Waals surface area contributed by atoms with E-state index >= 15 is 0 Å². The van der Waals surface area contributed by atoms with Gasteiger partial charge in [0.15, 0.2) is 0 Å². The van der Waals surface area contributed by atoms with E-state index in [1.807, 2.05) is 0 Å². The SMILES string of the molecule is CC(=O)Cc1ccc2c(c1)C(C)CN2C. The minimum absolute atomic E-state index is 0.231. The molecule has 0 amide bonds. The number of anilines is 1. The van der Waals surface area contributed by atoms with E-state index in [2.05, 4.69) is 37.1 Å². The lowest BCUT2D eigenvalue weighted by Crippen LogP contribution is -2.13. The van der Waals surface area contributed by atoms with Crippen LogP contribution in [0.1, 0.15) is 30.9 Å². The van der Waals surface area contributed by atoms with Crippen LogP contribution in [0.5, 0.6) is 0 Å². The highest BCUT2D eigenvalue weighted by Gasteiger charge is 2.22. The summed E-state index contributed by atoms with van der Waals surface area (Å²) in [4.78, 5) is 13.3. The Morgan fingerprint density at radius 1 is 1.53 bits per heavy atom. The highest BCUT2D eigenvalue weighted by molar-refractivity contribution is 5.78. The summed E-state index contributed by atoms with van der Waals surface area (Å²) in [5.74, 6) is 0.811. The van der Waals surface area contributed by atoms with Gasteiger partial charge in [-0.15, -0.1) is 0 Å². The molecule has 0 radical (unpaired) electrons. The molecule has 1 atom stereocenters. The third-order valence-corrected chi connectivity index (χ3v) is 3.03. The number of fused-ring (bicyclic) bond motifs is 1. The molecule has 0 N–H and O–H groups in total. The number of Topliss-reactive ketones (excluding diaryl/α,β-unsaturated/α-hetero) is 1. The Labute approximate surface area is 90.9 Å². The van der Waals surface area contributed by atoms with Crippen molar-refractivity contribution in [3.63, 3.8) is 0 Å². The topological polar surface area (TPSA) is 20.3 Å². The van der Waals surface area contributed by atoms with Crippen molar-refractivity contribution in [1.82, 2.24) is 0 Å². The van der Waals surface area contributed by atoms with Gasteiger partial charge in [-0.25, -0.2) is 0 Å². The zero-order chi connectivity index (χ0) is 11.0. The zero-order valence-electron chi connectivity index (χ0n) is 9.58. The van der Waals surface area contributed by atoms with Gasteiger partial charge in [-0.3, -0.25) is 4.79 Å². The average molecular weight is 203 g/mol. The molecular weight excluding hydrogens is 186 g/mol. The monoisotopic (exact) mass is 203 g/mol. The fraction of sp³-hybridized carbons (Fsp3) is 0.462. The first-order valence-corrected chi connectivity index (χ1v) is 5.41. The van der Waals surface area contributed by atoms with Gasteiger partial charge in [0, 0.05) is 31.6 Å². The van der Waals surface area contributed by atoms with Crippen molar-refractivity contribution in [2.75, 3.05) is 18.5 Å². The minimum atomic E-state index is 0.231. The molecular formula is C13H17NO. The lowest BCUT2D eigenvalue weighted by atomic mass is 9.99. The Morgan fingerprint density at radius 2 is 2.27 bits per heavy atom. The van der Waals surface area contributed by atoms with Crippen LogP contribution in [-0.2, 0) is 11.2 Å². The van der Waals surface area contributed by atoms with Gasteiger partial charge < -0.3 is 4.90 Å². The fourth-order valence-corrected chi connectivity index (χ4v) is 2.35. The number of nitrogens with zero attached hydrogens (tertiary/aromatic N) is 1. The number of hydrogen-bond donors (Lipinski definition) is 0. The quantitative estimate of drug-likeness (QED) is 0.735. The molecule has 1 unspecified atom stereocenters. The number of hydrogen-bond acceptors (Lipinski definition) is 2. The number of carbonyl (C=O) groups is 1. The van der Waals surface area contributed by atoms with E-state index in [0.717, 1.165) is 12.1 Å². The minimum Gasteiger partial charge on any atom is -0.374 e. The van der Waals surface area contributed by atoms with E-state index in [4.69, 9.17) is 0 Å². The van der Waals surface area contributed by atoms with Crippen molar-refractivity contribution < 1.29 is 4.79 Å². The molecule has 0 fully saturated rings. The van der Waals surface area contributed by atoms with Crippen molar-refractivity contribution in [2.45, 2.75) is 26.2 Å². The first-order valence-electron chi connectivity index (χ1n) is 5.41. The largest absolute Gasteiger partial charge is 0.374 e. The highest BCUT2D eigenvalue weighted by atomic mass is 16.1. The predicted octanol–water partition coefficient (Wildman–Crippen LogP) is 2.37. The van der Waals surface area contributed by atoms with Gasteiger partial charge in [0.2, 0.25) is 0 Å². The van der Waals surface area contributed by atoms with Crippen LogP contribution in [0.25, 0.3) is 0 Å². The number of carbonyl (C=O) groups excluding carboxylic acids is 1. The summed E-state index contributed by atoms with van der Waals surface area (Å²) in [6.45, 7) is 4.96. The fourth-order valence-electron chi connectivity index (χ4n) is 2.35. The Balaban J connectivity index is 2.34. The van der Waals surface area contributed by atoms with Crippen LogP contribution in [-0.4, -0.2) is 19.4 Å². The van der Waals surface area contributed by atoms with Crippen LogP contribution in [0.3, 0.4) is 0 Å². The molecule has 0 spiro atoms. The number of benzene rings is 1. The summed E-state index contributed by atoms with van der Waals surface area (Å²) in [7, 11) is 2.12. The number of likely N-dealkylation sites (N-methyl/N-ethyl adjacent to an activating group) is 1. The molecule has 0 bridgehead atoms. The summed E-state index contributed by atoms with van der Waals surface area (Å²) in [5, 5.41) is 0. The second-order valence-corrected chi connectivity index (χ2v) is 4.55. The Morgan fingerprint density at radius 3 is 2.93 bits per heavy atom. The van der Waals surface area contributed by atoms with Crippen LogP contribution < -0.4 is 4.90 Å². The first-order chi connectivity index (χ1) is 7.08. The van der Waals surface area contributed by atoms with E-state index in [1.165, 1.54) is 11.3 Å². The van der Waals surface area contributed by atoms with E-state index in [1.54, 1.807) is 6.92 Å².